The number of anilines is 2. The molecule has 106 valence electrons. The number of oxazole rings is 1. The number of hydrogen-bond donors (Lipinski definition) is 1. The molecule has 0 fully saturated rings. The number of aryl methyl sites for hydroxylation is 1. The summed E-state index contributed by atoms with van der Waals surface area (Å²) in [6, 6.07) is 14.9. The highest BCUT2D eigenvalue weighted by Gasteiger charge is 2.18. The van der Waals surface area contributed by atoms with E-state index in [0.717, 1.165) is 37.0 Å². The van der Waals surface area contributed by atoms with Crippen molar-refractivity contribution in [3.8, 4) is 0 Å². The average molecular weight is 279 g/mol. The number of aromatic nitrogens is 1. The number of nitrogens with two attached hydrogens (primary N) is 1. The molecule has 4 rings (SSSR count). The molecule has 3 aromatic rings. The maximum Gasteiger partial charge on any atom is 0.298 e. The van der Waals surface area contributed by atoms with E-state index in [1.165, 1.54) is 11.1 Å². The summed E-state index contributed by atoms with van der Waals surface area (Å²) in [5, 5.41) is 0. The molecule has 0 atom stereocenters. The Bertz CT molecular complexity index is 794. The third-order valence-corrected chi connectivity index (χ3v) is 4.02. The van der Waals surface area contributed by atoms with Crippen LogP contribution in [0.5, 0.6) is 0 Å². The normalized spacial score (nSPS) is 15.0. The highest BCUT2D eigenvalue weighted by atomic mass is 16.4. The smallest absolute Gasteiger partial charge is 0.298 e. The number of nitrogens with zero attached hydrogens (tertiary/aromatic N) is 2. The highest BCUT2D eigenvalue weighted by Crippen LogP contribution is 2.27. The van der Waals surface area contributed by atoms with Crippen LogP contribution in [0.25, 0.3) is 11.1 Å². The summed E-state index contributed by atoms with van der Waals surface area (Å²) in [5.41, 5.74) is 10.9. The van der Waals surface area contributed by atoms with E-state index in [-0.39, 0.29) is 0 Å². The first-order chi connectivity index (χ1) is 10.3. The molecule has 21 heavy (non-hydrogen) atoms. The van der Waals surface area contributed by atoms with E-state index in [2.05, 4.69) is 34.1 Å². The Morgan fingerprint density at radius 1 is 1.10 bits per heavy atom. The third kappa shape index (κ3) is 2.23. The highest BCUT2D eigenvalue weighted by molar-refractivity contribution is 5.78. The van der Waals surface area contributed by atoms with Crippen LogP contribution in [-0.2, 0) is 13.0 Å². The zero-order valence-corrected chi connectivity index (χ0v) is 11.7. The Balaban J connectivity index is 1.71. The molecule has 0 saturated carbocycles. The second-order valence-electron chi connectivity index (χ2n) is 5.52. The molecule has 0 bridgehead atoms. The molecule has 4 nitrogen and oxygen atoms in total. The van der Waals surface area contributed by atoms with Gasteiger partial charge >= 0.3 is 0 Å². The van der Waals surface area contributed by atoms with Gasteiger partial charge in [-0.3, -0.25) is 0 Å². The first-order valence-corrected chi connectivity index (χ1v) is 7.27. The molecular formula is C17H17N3O. The van der Waals surface area contributed by atoms with Crippen LogP contribution < -0.4 is 10.6 Å². The number of fused-ring (bicyclic) bond motifs is 2. The van der Waals surface area contributed by atoms with Gasteiger partial charge in [-0.05, 0) is 42.2 Å². The Morgan fingerprint density at radius 2 is 1.95 bits per heavy atom. The van der Waals surface area contributed by atoms with Crippen molar-refractivity contribution in [3.05, 3.63) is 53.6 Å². The van der Waals surface area contributed by atoms with Gasteiger partial charge in [0.2, 0.25) is 0 Å². The minimum absolute atomic E-state index is 0.687. The van der Waals surface area contributed by atoms with E-state index in [4.69, 9.17) is 10.2 Å². The van der Waals surface area contributed by atoms with E-state index < -0.39 is 0 Å². The van der Waals surface area contributed by atoms with Gasteiger partial charge in [0.05, 0.1) is 0 Å². The summed E-state index contributed by atoms with van der Waals surface area (Å²) in [6.45, 7) is 1.80. The SMILES string of the molecule is Nc1ccc2oc(N3CCCc4ccccc4C3)nc2c1. The van der Waals surface area contributed by atoms with Gasteiger partial charge in [-0.1, -0.05) is 24.3 Å². The van der Waals surface area contributed by atoms with E-state index in [1.54, 1.807) is 0 Å². The second-order valence-corrected chi connectivity index (χ2v) is 5.52. The maximum atomic E-state index is 5.89. The van der Waals surface area contributed by atoms with Crippen molar-refractivity contribution in [2.45, 2.75) is 19.4 Å². The molecule has 0 unspecified atom stereocenters. The summed E-state index contributed by atoms with van der Waals surface area (Å²) in [4.78, 5) is 6.80. The Morgan fingerprint density at radius 3 is 2.86 bits per heavy atom. The zero-order valence-electron chi connectivity index (χ0n) is 11.7. The average Bonchev–Trinajstić information content (AvgIpc) is 2.78. The number of hydrogen-bond acceptors (Lipinski definition) is 4. The number of rotatable bonds is 1. The minimum atomic E-state index is 0.687. The topological polar surface area (TPSA) is 55.3 Å². The van der Waals surface area contributed by atoms with Gasteiger partial charge in [-0.15, -0.1) is 0 Å². The molecule has 1 aromatic heterocycles. The zero-order chi connectivity index (χ0) is 14.2. The van der Waals surface area contributed by atoms with Gasteiger partial charge in [0, 0.05) is 18.8 Å². The molecule has 4 heteroatoms. The van der Waals surface area contributed by atoms with Crippen LogP contribution >= 0.6 is 0 Å². The van der Waals surface area contributed by atoms with E-state index in [1.807, 2.05) is 18.2 Å². The molecule has 2 aromatic carbocycles. The maximum absolute atomic E-state index is 5.89. The lowest BCUT2D eigenvalue weighted by Gasteiger charge is -2.18. The van der Waals surface area contributed by atoms with E-state index in [9.17, 15) is 0 Å². The number of benzene rings is 2. The first kappa shape index (κ1) is 12.3. The predicted octanol–water partition coefficient (Wildman–Crippen LogP) is 3.36. The lowest BCUT2D eigenvalue weighted by Crippen LogP contribution is -2.22. The monoisotopic (exact) mass is 279 g/mol. The van der Waals surface area contributed by atoms with Crippen LogP contribution in [0.15, 0.2) is 46.9 Å². The number of nitrogen functional groups attached to an aromatic ring is 1. The standard InChI is InChI=1S/C17H17N3O/c18-14-7-8-16-15(10-14)19-17(21-16)20-9-3-6-12-4-1-2-5-13(12)11-20/h1-2,4-5,7-8,10H,3,6,9,11,18H2. The fraction of sp³-hybridized carbons (Fsp3) is 0.235. The van der Waals surface area contributed by atoms with Crippen molar-refractivity contribution < 1.29 is 4.42 Å². The summed E-state index contributed by atoms with van der Waals surface area (Å²) in [6.07, 6.45) is 2.22. The summed E-state index contributed by atoms with van der Waals surface area (Å²) < 4.78 is 5.89. The van der Waals surface area contributed by atoms with Crippen LogP contribution in [0.2, 0.25) is 0 Å². The van der Waals surface area contributed by atoms with Crippen LogP contribution in [0.4, 0.5) is 11.7 Å². The van der Waals surface area contributed by atoms with Gasteiger partial charge in [0.25, 0.3) is 6.01 Å². The quantitative estimate of drug-likeness (QED) is 0.694. The minimum Gasteiger partial charge on any atom is -0.423 e. The van der Waals surface area contributed by atoms with Gasteiger partial charge in [-0.2, -0.15) is 4.98 Å². The molecule has 1 aliphatic rings. The Labute approximate surface area is 123 Å². The van der Waals surface area contributed by atoms with Gasteiger partial charge in [0.15, 0.2) is 5.58 Å². The lowest BCUT2D eigenvalue weighted by atomic mass is 10.0. The van der Waals surface area contributed by atoms with Crippen LogP contribution in [0.3, 0.4) is 0 Å². The van der Waals surface area contributed by atoms with Crippen LogP contribution in [0.1, 0.15) is 17.5 Å². The molecular weight excluding hydrogens is 262 g/mol. The third-order valence-electron chi connectivity index (χ3n) is 4.02. The van der Waals surface area contributed by atoms with Crippen LogP contribution in [-0.4, -0.2) is 11.5 Å². The van der Waals surface area contributed by atoms with Crippen molar-refractivity contribution in [1.82, 2.24) is 4.98 Å². The van der Waals surface area contributed by atoms with E-state index >= 15 is 0 Å². The Kier molecular flexibility index (Phi) is 2.81. The fourth-order valence-electron chi connectivity index (χ4n) is 2.93. The molecule has 2 N–H and O–H groups in total. The summed E-state index contributed by atoms with van der Waals surface area (Å²) in [5.74, 6) is 0. The lowest BCUT2D eigenvalue weighted by molar-refractivity contribution is 0.563. The van der Waals surface area contributed by atoms with Crippen molar-refractivity contribution in [1.29, 1.82) is 0 Å². The van der Waals surface area contributed by atoms with E-state index in [0.29, 0.717) is 11.7 Å². The van der Waals surface area contributed by atoms with Crippen molar-refractivity contribution in [2.75, 3.05) is 17.2 Å². The van der Waals surface area contributed by atoms with Crippen molar-refractivity contribution >= 4 is 22.8 Å². The van der Waals surface area contributed by atoms with Crippen molar-refractivity contribution in [2.24, 2.45) is 0 Å². The summed E-state index contributed by atoms with van der Waals surface area (Å²) in [7, 11) is 0. The van der Waals surface area contributed by atoms with Gasteiger partial charge in [0.1, 0.15) is 5.52 Å². The molecule has 0 spiro atoms. The summed E-state index contributed by atoms with van der Waals surface area (Å²) >= 11 is 0. The van der Waals surface area contributed by atoms with Gasteiger partial charge < -0.3 is 15.1 Å². The molecule has 0 amide bonds. The molecule has 2 heterocycles. The first-order valence-electron chi connectivity index (χ1n) is 7.27. The fourth-order valence-corrected chi connectivity index (χ4v) is 2.93. The molecule has 1 aliphatic heterocycles. The second kappa shape index (κ2) is 4.81. The van der Waals surface area contributed by atoms with Crippen LogP contribution in [0, 0.1) is 0 Å². The molecule has 0 saturated heterocycles. The van der Waals surface area contributed by atoms with Crippen molar-refractivity contribution in [3.63, 3.8) is 0 Å². The molecule has 0 aliphatic carbocycles. The Hall–Kier alpha value is -2.49. The molecule has 0 radical (unpaired) electrons. The van der Waals surface area contributed by atoms with Gasteiger partial charge in [-0.25, -0.2) is 0 Å². The largest absolute Gasteiger partial charge is 0.423 e. The predicted molar refractivity (Wildman–Crippen MR) is 84.2 cm³/mol.